The number of fused-ring (bicyclic) bond motifs is 1. The van der Waals surface area contributed by atoms with Crippen molar-refractivity contribution in [1.29, 1.82) is 0 Å². The summed E-state index contributed by atoms with van der Waals surface area (Å²) in [6.45, 7) is 2.59. The van der Waals surface area contributed by atoms with Crippen LogP contribution in [0.15, 0.2) is 36.4 Å². The van der Waals surface area contributed by atoms with Crippen molar-refractivity contribution in [2.24, 2.45) is 0 Å². The van der Waals surface area contributed by atoms with Crippen LogP contribution in [0.5, 0.6) is 0 Å². The normalized spacial score (nSPS) is 13.0. The first kappa shape index (κ1) is 14.3. The highest BCUT2D eigenvalue weighted by Gasteiger charge is 2.12. The first-order valence-electron chi connectivity index (χ1n) is 6.63. The summed E-state index contributed by atoms with van der Waals surface area (Å²) in [5, 5.41) is 17.4. The molecule has 2 aromatic rings. The minimum absolute atomic E-state index is 0.143. The molecule has 2 aromatic carbocycles. The van der Waals surface area contributed by atoms with E-state index < -0.39 is 0 Å². The lowest BCUT2D eigenvalue weighted by molar-refractivity contribution is -0.385. The molecule has 21 heavy (non-hydrogen) atoms. The lowest BCUT2D eigenvalue weighted by atomic mass is 10.1. The Morgan fingerprint density at radius 3 is 2.76 bits per heavy atom. The molecule has 1 aliphatic rings. The molecule has 3 rings (SSSR count). The van der Waals surface area contributed by atoms with Gasteiger partial charge in [-0.1, -0.05) is 18.2 Å². The number of nitro benzene ring substituents is 1. The van der Waals surface area contributed by atoms with Crippen molar-refractivity contribution in [3.8, 4) is 0 Å². The predicted molar refractivity (Wildman–Crippen MR) is 90.1 cm³/mol. The Hall–Kier alpha value is -1.67. The number of nitrogens with zero attached hydrogens (tertiary/aromatic N) is 1. The van der Waals surface area contributed by atoms with Gasteiger partial charge in [-0.2, -0.15) is 0 Å². The molecule has 0 radical (unpaired) electrons. The lowest BCUT2D eigenvalue weighted by Crippen LogP contribution is -2.01. The quantitative estimate of drug-likeness (QED) is 0.473. The third kappa shape index (κ3) is 3.16. The first-order valence-corrected chi connectivity index (χ1v) is 7.70. The van der Waals surface area contributed by atoms with Crippen molar-refractivity contribution in [3.05, 3.63) is 66.8 Å². The molecule has 108 valence electrons. The summed E-state index contributed by atoms with van der Waals surface area (Å²) in [4.78, 5) is 10.4. The summed E-state index contributed by atoms with van der Waals surface area (Å²) in [5.74, 6) is 0. The average Bonchev–Trinajstić information content (AvgIpc) is 2.92. The van der Waals surface area contributed by atoms with Crippen LogP contribution in [-0.2, 0) is 19.6 Å². The molecule has 0 saturated carbocycles. The molecule has 0 fully saturated rings. The second-order valence-electron chi connectivity index (χ2n) is 4.98. The van der Waals surface area contributed by atoms with E-state index in [0.29, 0.717) is 10.1 Å². The molecule has 1 heterocycles. The highest BCUT2D eigenvalue weighted by molar-refractivity contribution is 14.1. The van der Waals surface area contributed by atoms with E-state index in [0.717, 1.165) is 18.8 Å². The minimum Gasteiger partial charge on any atom is -0.381 e. The van der Waals surface area contributed by atoms with Crippen LogP contribution in [0.2, 0.25) is 0 Å². The molecule has 0 atom stereocenters. The number of hydrogen-bond donors (Lipinski definition) is 2. The van der Waals surface area contributed by atoms with Crippen molar-refractivity contribution < 1.29 is 4.92 Å². The fourth-order valence-electron chi connectivity index (χ4n) is 2.43. The number of nitro groups is 1. The highest BCUT2D eigenvalue weighted by Crippen LogP contribution is 2.24. The van der Waals surface area contributed by atoms with Gasteiger partial charge in [0, 0.05) is 31.4 Å². The Balaban J connectivity index is 1.70. The summed E-state index contributed by atoms with van der Waals surface area (Å²) < 4.78 is 0.640. The molecule has 0 aromatic heterocycles. The Morgan fingerprint density at radius 2 is 2.00 bits per heavy atom. The maximum Gasteiger partial charge on any atom is 0.282 e. The van der Waals surface area contributed by atoms with E-state index >= 15 is 0 Å². The summed E-state index contributed by atoms with van der Waals surface area (Å²) in [6, 6.07) is 11.6. The molecule has 1 aliphatic heterocycles. The first-order chi connectivity index (χ1) is 10.1. The molecule has 6 heteroatoms. The molecule has 5 nitrogen and oxygen atoms in total. The van der Waals surface area contributed by atoms with Gasteiger partial charge >= 0.3 is 0 Å². The van der Waals surface area contributed by atoms with Crippen LogP contribution in [-0.4, -0.2) is 4.92 Å². The van der Waals surface area contributed by atoms with E-state index in [1.54, 1.807) is 12.1 Å². The van der Waals surface area contributed by atoms with E-state index in [9.17, 15) is 10.1 Å². The zero-order valence-electron chi connectivity index (χ0n) is 11.2. The lowest BCUT2D eigenvalue weighted by Gasteiger charge is -2.08. The zero-order valence-corrected chi connectivity index (χ0v) is 13.4. The number of benzene rings is 2. The summed E-state index contributed by atoms with van der Waals surface area (Å²) in [5.41, 5.74) is 4.97. The van der Waals surface area contributed by atoms with Gasteiger partial charge < -0.3 is 10.6 Å². The van der Waals surface area contributed by atoms with E-state index in [1.807, 2.05) is 22.6 Å². The predicted octanol–water partition coefficient (Wildman–Crippen LogP) is 3.41. The van der Waals surface area contributed by atoms with Crippen LogP contribution in [0.3, 0.4) is 0 Å². The van der Waals surface area contributed by atoms with Crippen molar-refractivity contribution >= 4 is 34.0 Å². The van der Waals surface area contributed by atoms with Crippen LogP contribution in [0.4, 0.5) is 11.4 Å². The maximum atomic E-state index is 10.8. The molecule has 0 spiro atoms. The van der Waals surface area contributed by atoms with Crippen molar-refractivity contribution in [2.75, 3.05) is 5.32 Å². The van der Waals surface area contributed by atoms with E-state index in [-0.39, 0.29) is 10.6 Å². The second-order valence-corrected chi connectivity index (χ2v) is 6.15. The molecule has 0 amide bonds. The zero-order chi connectivity index (χ0) is 14.8. The van der Waals surface area contributed by atoms with Crippen LogP contribution >= 0.6 is 22.6 Å². The van der Waals surface area contributed by atoms with Crippen LogP contribution in [0.25, 0.3) is 0 Å². The summed E-state index contributed by atoms with van der Waals surface area (Å²) in [7, 11) is 0. The van der Waals surface area contributed by atoms with Gasteiger partial charge in [-0.25, -0.2) is 0 Å². The largest absolute Gasteiger partial charge is 0.381 e. The van der Waals surface area contributed by atoms with Gasteiger partial charge in [0.15, 0.2) is 0 Å². The van der Waals surface area contributed by atoms with Gasteiger partial charge in [-0.3, -0.25) is 10.1 Å². The van der Waals surface area contributed by atoms with Crippen LogP contribution < -0.4 is 10.6 Å². The third-order valence-corrected chi connectivity index (χ3v) is 4.41. The van der Waals surface area contributed by atoms with Crippen molar-refractivity contribution in [3.63, 3.8) is 0 Å². The van der Waals surface area contributed by atoms with Gasteiger partial charge in [0.1, 0.15) is 0 Å². The molecular weight excluding hydrogens is 381 g/mol. The minimum atomic E-state index is -0.362. The van der Waals surface area contributed by atoms with E-state index in [1.165, 1.54) is 22.8 Å². The molecule has 0 saturated heterocycles. The Labute approximate surface area is 136 Å². The number of anilines is 1. The van der Waals surface area contributed by atoms with Gasteiger partial charge in [0.05, 0.1) is 8.49 Å². The fourth-order valence-corrected chi connectivity index (χ4v) is 3.14. The van der Waals surface area contributed by atoms with E-state index in [4.69, 9.17) is 0 Å². The number of nitrogens with one attached hydrogen (secondary N) is 2. The van der Waals surface area contributed by atoms with Gasteiger partial charge in [-0.05, 0) is 51.4 Å². The molecule has 2 N–H and O–H groups in total. The third-order valence-electron chi connectivity index (χ3n) is 3.54. The van der Waals surface area contributed by atoms with Gasteiger partial charge in [-0.15, -0.1) is 0 Å². The average molecular weight is 395 g/mol. The topological polar surface area (TPSA) is 67.2 Å². The molecule has 0 aliphatic carbocycles. The van der Waals surface area contributed by atoms with Gasteiger partial charge in [0.25, 0.3) is 5.69 Å². The Kier molecular flexibility index (Phi) is 4.07. The smallest absolute Gasteiger partial charge is 0.282 e. The maximum absolute atomic E-state index is 10.8. The number of halogens is 1. The Morgan fingerprint density at radius 1 is 1.19 bits per heavy atom. The molecule has 0 unspecified atom stereocenters. The van der Waals surface area contributed by atoms with E-state index in [2.05, 4.69) is 28.8 Å². The summed E-state index contributed by atoms with van der Waals surface area (Å²) >= 11 is 1.99. The van der Waals surface area contributed by atoms with Crippen molar-refractivity contribution in [2.45, 2.75) is 19.6 Å². The van der Waals surface area contributed by atoms with Crippen molar-refractivity contribution in [1.82, 2.24) is 5.32 Å². The SMILES string of the molecule is O=[N+]([O-])c1ccc(NCc2ccc3c(c2)CNC3)cc1I. The number of rotatable bonds is 4. The monoisotopic (exact) mass is 395 g/mol. The fraction of sp³-hybridized carbons (Fsp3) is 0.200. The highest BCUT2D eigenvalue weighted by atomic mass is 127. The molecular formula is C15H14IN3O2. The second kappa shape index (κ2) is 5.98. The van der Waals surface area contributed by atoms with Gasteiger partial charge in [0.2, 0.25) is 0 Å². The number of hydrogen-bond acceptors (Lipinski definition) is 4. The van der Waals surface area contributed by atoms with Crippen LogP contribution in [0, 0.1) is 13.7 Å². The molecule has 0 bridgehead atoms. The Bertz CT molecular complexity index is 703. The van der Waals surface area contributed by atoms with Crippen LogP contribution in [0.1, 0.15) is 16.7 Å². The summed E-state index contributed by atoms with van der Waals surface area (Å²) in [6.07, 6.45) is 0. The standard InChI is InChI=1S/C15H14IN3O2/c16-14-6-13(3-4-15(14)19(20)21)18-7-10-1-2-11-8-17-9-12(11)5-10/h1-6,17-18H,7-9H2.